The Bertz CT molecular complexity index is 802. The van der Waals surface area contributed by atoms with Gasteiger partial charge in [0.2, 0.25) is 0 Å². The van der Waals surface area contributed by atoms with E-state index in [1.165, 1.54) is 43.2 Å². The number of hydrogen-bond acceptors (Lipinski definition) is 2. The van der Waals surface area contributed by atoms with Crippen molar-refractivity contribution in [3.8, 4) is 0 Å². The molecule has 28 heavy (non-hydrogen) atoms. The zero-order valence-electron chi connectivity index (χ0n) is 16.9. The van der Waals surface area contributed by atoms with Crippen LogP contribution in [-0.4, -0.2) is 8.83 Å². The highest BCUT2D eigenvalue weighted by Crippen LogP contribution is 2.79. The summed E-state index contributed by atoms with van der Waals surface area (Å²) in [4.78, 5) is 0. The van der Waals surface area contributed by atoms with Crippen LogP contribution in [0.5, 0.6) is 0 Å². The third-order valence-electron chi connectivity index (χ3n) is 8.21. The summed E-state index contributed by atoms with van der Waals surface area (Å²) >= 11 is 4.74. The first kappa shape index (κ1) is 18.0. The highest BCUT2D eigenvalue weighted by atomic mass is 32.2. The van der Waals surface area contributed by atoms with Gasteiger partial charge in [-0.1, -0.05) is 60.7 Å². The Kier molecular flexibility index (Phi) is 3.90. The van der Waals surface area contributed by atoms with Gasteiger partial charge >= 0.3 is 0 Å². The largest absolute Gasteiger partial charge is 0.135 e. The molecular weight excluding hydrogens is 376 g/mol. The van der Waals surface area contributed by atoms with Gasteiger partial charge in [0.15, 0.2) is 0 Å². The lowest BCUT2D eigenvalue weighted by Gasteiger charge is -2.59. The van der Waals surface area contributed by atoms with Crippen molar-refractivity contribution >= 4 is 23.5 Å². The van der Waals surface area contributed by atoms with Gasteiger partial charge in [-0.25, -0.2) is 0 Å². The van der Waals surface area contributed by atoms with E-state index < -0.39 is 0 Å². The second kappa shape index (κ2) is 6.08. The standard InChI is InChI=1S/C26H30S2/c1-24(2)25(20-9-5-3-6-10-20,21-11-7-4-8-12-21)28-26(27-24)22-14-18-13-19(16-22)17-23(26)15-18/h3-12,18-19,22-23H,13-17H2,1-2H3. The Hall–Kier alpha value is -0.860. The smallest absolute Gasteiger partial charge is 0.0812 e. The van der Waals surface area contributed by atoms with Gasteiger partial charge in [0, 0.05) is 4.75 Å². The minimum Gasteiger partial charge on any atom is -0.135 e. The topological polar surface area (TPSA) is 0 Å². The van der Waals surface area contributed by atoms with E-state index in [0.717, 1.165) is 23.7 Å². The Morgan fingerprint density at radius 1 is 0.643 bits per heavy atom. The molecule has 1 aliphatic heterocycles. The number of hydrogen-bond donors (Lipinski definition) is 0. The highest BCUT2D eigenvalue weighted by molar-refractivity contribution is 8.22. The quantitative estimate of drug-likeness (QED) is 0.511. The van der Waals surface area contributed by atoms with Crippen LogP contribution in [0.1, 0.15) is 57.1 Å². The molecule has 1 saturated heterocycles. The van der Waals surface area contributed by atoms with Crippen molar-refractivity contribution in [1.82, 2.24) is 0 Å². The van der Waals surface area contributed by atoms with Gasteiger partial charge in [-0.2, -0.15) is 0 Å². The van der Waals surface area contributed by atoms with E-state index in [0.29, 0.717) is 4.08 Å². The Labute approximate surface area is 178 Å². The molecule has 2 aromatic carbocycles. The third kappa shape index (κ3) is 2.28. The first-order chi connectivity index (χ1) is 13.5. The molecule has 0 atom stereocenters. The first-order valence-corrected chi connectivity index (χ1v) is 12.7. The van der Waals surface area contributed by atoms with E-state index in [1.54, 1.807) is 0 Å². The molecule has 0 amide bonds. The molecule has 7 rings (SSSR count). The summed E-state index contributed by atoms with van der Waals surface area (Å²) in [6, 6.07) is 22.8. The van der Waals surface area contributed by atoms with Gasteiger partial charge in [-0.3, -0.25) is 0 Å². The molecule has 0 nitrogen and oxygen atoms in total. The van der Waals surface area contributed by atoms with E-state index in [9.17, 15) is 0 Å². The van der Waals surface area contributed by atoms with Crippen LogP contribution in [0.3, 0.4) is 0 Å². The molecule has 2 aromatic rings. The van der Waals surface area contributed by atoms with E-state index in [-0.39, 0.29) is 9.49 Å². The molecule has 5 fully saturated rings. The maximum atomic E-state index is 2.53. The molecule has 1 spiro atoms. The normalized spacial score (nSPS) is 39.5. The maximum Gasteiger partial charge on any atom is 0.0812 e. The van der Waals surface area contributed by atoms with Crippen LogP contribution in [0.4, 0.5) is 0 Å². The number of thioether (sulfide) groups is 2. The number of benzene rings is 2. The van der Waals surface area contributed by atoms with Gasteiger partial charge in [-0.15, -0.1) is 23.5 Å². The lowest BCUT2D eigenvalue weighted by Crippen LogP contribution is -2.53. The monoisotopic (exact) mass is 406 g/mol. The van der Waals surface area contributed by atoms with Gasteiger partial charge in [0.1, 0.15) is 0 Å². The Morgan fingerprint density at radius 3 is 1.57 bits per heavy atom. The van der Waals surface area contributed by atoms with E-state index in [4.69, 9.17) is 0 Å². The summed E-state index contributed by atoms with van der Waals surface area (Å²) in [5, 5.41) is 0. The molecule has 4 bridgehead atoms. The summed E-state index contributed by atoms with van der Waals surface area (Å²) in [6.45, 7) is 5.06. The summed E-state index contributed by atoms with van der Waals surface area (Å²) < 4.78 is 0.591. The van der Waals surface area contributed by atoms with Crippen molar-refractivity contribution in [2.24, 2.45) is 23.7 Å². The third-order valence-corrected chi connectivity index (χ3v) is 12.9. The zero-order chi connectivity index (χ0) is 19.0. The molecule has 5 aliphatic rings. The Balaban J connectivity index is 1.54. The lowest BCUT2D eigenvalue weighted by atomic mass is 9.56. The molecule has 0 aromatic heterocycles. The zero-order valence-corrected chi connectivity index (χ0v) is 18.6. The van der Waals surface area contributed by atoms with Crippen LogP contribution in [-0.2, 0) is 4.75 Å². The fourth-order valence-corrected chi connectivity index (χ4v) is 12.6. The summed E-state index contributed by atoms with van der Waals surface area (Å²) in [5.74, 6) is 3.88. The predicted octanol–water partition coefficient (Wildman–Crippen LogP) is 7.34. The highest BCUT2D eigenvalue weighted by Gasteiger charge is 2.69. The summed E-state index contributed by atoms with van der Waals surface area (Å²) in [6.07, 6.45) is 7.49. The van der Waals surface area contributed by atoms with Gasteiger partial charge in [0.05, 0.1) is 8.83 Å². The summed E-state index contributed by atoms with van der Waals surface area (Å²) in [7, 11) is 0. The van der Waals surface area contributed by atoms with Crippen molar-refractivity contribution in [3.63, 3.8) is 0 Å². The average Bonchev–Trinajstić information content (AvgIpc) is 2.96. The molecule has 0 unspecified atom stereocenters. The second-order valence-corrected chi connectivity index (χ2v) is 13.8. The van der Waals surface area contributed by atoms with Crippen LogP contribution >= 0.6 is 23.5 Å². The fourth-order valence-electron chi connectivity index (χ4n) is 7.35. The van der Waals surface area contributed by atoms with Crippen LogP contribution in [0.2, 0.25) is 0 Å². The molecule has 2 heteroatoms. The van der Waals surface area contributed by atoms with Crippen molar-refractivity contribution < 1.29 is 0 Å². The fraction of sp³-hybridized carbons (Fsp3) is 0.538. The van der Waals surface area contributed by atoms with Gasteiger partial charge < -0.3 is 0 Å². The van der Waals surface area contributed by atoms with Crippen LogP contribution < -0.4 is 0 Å². The van der Waals surface area contributed by atoms with Gasteiger partial charge in [0.25, 0.3) is 0 Å². The Morgan fingerprint density at radius 2 is 1.11 bits per heavy atom. The SMILES string of the molecule is CC1(C)SC2(SC1(c1ccccc1)c1ccccc1)C1CC3CC(C1)CC2C3. The van der Waals surface area contributed by atoms with Crippen molar-refractivity contribution in [1.29, 1.82) is 0 Å². The van der Waals surface area contributed by atoms with Crippen molar-refractivity contribution in [2.45, 2.75) is 59.5 Å². The predicted molar refractivity (Wildman–Crippen MR) is 123 cm³/mol. The average molecular weight is 407 g/mol. The second-order valence-electron chi connectivity index (χ2n) is 10.2. The summed E-state index contributed by atoms with van der Waals surface area (Å²) in [5.41, 5.74) is 2.99. The molecule has 4 aliphatic carbocycles. The van der Waals surface area contributed by atoms with Crippen LogP contribution in [0.25, 0.3) is 0 Å². The van der Waals surface area contributed by atoms with Crippen molar-refractivity contribution in [3.05, 3.63) is 71.8 Å². The van der Waals surface area contributed by atoms with Crippen LogP contribution in [0.15, 0.2) is 60.7 Å². The van der Waals surface area contributed by atoms with Crippen molar-refractivity contribution in [2.75, 3.05) is 0 Å². The van der Waals surface area contributed by atoms with E-state index in [2.05, 4.69) is 98.0 Å². The van der Waals surface area contributed by atoms with Gasteiger partial charge in [-0.05, 0) is 80.8 Å². The molecule has 146 valence electrons. The van der Waals surface area contributed by atoms with E-state index in [1.807, 2.05) is 0 Å². The molecule has 0 radical (unpaired) electrons. The molecule has 0 N–H and O–H groups in total. The molecule has 1 heterocycles. The number of rotatable bonds is 2. The lowest BCUT2D eigenvalue weighted by molar-refractivity contribution is 0.0157. The minimum absolute atomic E-state index is 0.0234. The first-order valence-electron chi connectivity index (χ1n) is 11.0. The molecule has 4 saturated carbocycles. The molecular formula is C26H30S2. The maximum absolute atomic E-state index is 2.53. The minimum atomic E-state index is 0.0234. The van der Waals surface area contributed by atoms with E-state index >= 15 is 0 Å². The van der Waals surface area contributed by atoms with Crippen LogP contribution in [0, 0.1) is 23.7 Å².